The van der Waals surface area contributed by atoms with Crippen LogP contribution in [0.5, 0.6) is 0 Å². The number of carbonyl (C=O) groups is 1. The Balaban J connectivity index is 0.000000236. The van der Waals surface area contributed by atoms with Crippen LogP contribution < -0.4 is 5.32 Å². The standard InChI is InChI=1S/C14H10O2.C6H15N/c15-14(16)11-6-5-10-7-9-3-1-2-4-12(9)13(10)8-11;1-3-4-5-6-7-2/h1-6,8H,7H2,(H,15,16);7H,3-6H2,1-2H3. The fraction of sp³-hybridized carbons (Fsp3) is 0.350. The highest BCUT2D eigenvalue weighted by molar-refractivity contribution is 5.91. The molecule has 1 aliphatic carbocycles. The Kier molecular flexibility index (Phi) is 6.36. The van der Waals surface area contributed by atoms with Gasteiger partial charge in [0.05, 0.1) is 5.56 Å². The van der Waals surface area contributed by atoms with Gasteiger partial charge in [-0.1, -0.05) is 50.1 Å². The molecule has 0 heterocycles. The van der Waals surface area contributed by atoms with Gasteiger partial charge in [0.1, 0.15) is 0 Å². The predicted octanol–water partition coefficient (Wildman–Crippen LogP) is 4.35. The summed E-state index contributed by atoms with van der Waals surface area (Å²) in [5.74, 6) is -0.868. The van der Waals surface area contributed by atoms with Gasteiger partial charge in [0.15, 0.2) is 0 Å². The highest BCUT2D eigenvalue weighted by atomic mass is 16.4. The van der Waals surface area contributed by atoms with Crippen LogP contribution in [0.25, 0.3) is 11.1 Å². The summed E-state index contributed by atoms with van der Waals surface area (Å²) < 4.78 is 0. The third-order valence-electron chi connectivity index (χ3n) is 4.08. The molecule has 0 spiro atoms. The number of benzene rings is 2. The Morgan fingerprint density at radius 3 is 2.52 bits per heavy atom. The molecule has 3 heteroatoms. The van der Waals surface area contributed by atoms with Crippen LogP contribution in [0.2, 0.25) is 0 Å². The second-order valence-corrected chi connectivity index (χ2v) is 5.82. The van der Waals surface area contributed by atoms with Gasteiger partial charge in [-0.3, -0.25) is 0 Å². The van der Waals surface area contributed by atoms with Gasteiger partial charge in [0, 0.05) is 0 Å². The number of fused-ring (bicyclic) bond motifs is 3. The van der Waals surface area contributed by atoms with Gasteiger partial charge in [-0.15, -0.1) is 0 Å². The van der Waals surface area contributed by atoms with Crippen molar-refractivity contribution in [2.24, 2.45) is 0 Å². The maximum atomic E-state index is 10.9. The molecule has 2 aromatic rings. The lowest BCUT2D eigenvalue weighted by Gasteiger charge is -2.01. The molecule has 0 fully saturated rings. The number of unbranched alkanes of at least 4 members (excludes halogenated alkanes) is 2. The van der Waals surface area contributed by atoms with E-state index in [0.29, 0.717) is 5.56 Å². The molecule has 0 bridgehead atoms. The van der Waals surface area contributed by atoms with E-state index < -0.39 is 5.97 Å². The molecule has 0 saturated carbocycles. The van der Waals surface area contributed by atoms with Crippen molar-refractivity contribution in [1.82, 2.24) is 5.32 Å². The summed E-state index contributed by atoms with van der Waals surface area (Å²) in [5.41, 5.74) is 5.08. The van der Waals surface area contributed by atoms with E-state index in [4.69, 9.17) is 5.11 Å². The molecule has 122 valence electrons. The first-order valence-corrected chi connectivity index (χ1v) is 8.26. The Morgan fingerprint density at radius 2 is 1.83 bits per heavy atom. The molecule has 0 radical (unpaired) electrons. The minimum absolute atomic E-state index is 0.357. The Labute approximate surface area is 138 Å². The summed E-state index contributed by atoms with van der Waals surface area (Å²) in [5, 5.41) is 12.1. The van der Waals surface area contributed by atoms with Crippen molar-refractivity contribution < 1.29 is 9.90 Å². The molecule has 0 saturated heterocycles. The maximum absolute atomic E-state index is 10.9. The van der Waals surface area contributed by atoms with E-state index in [1.807, 2.05) is 31.3 Å². The maximum Gasteiger partial charge on any atom is 0.335 e. The largest absolute Gasteiger partial charge is 0.478 e. The van der Waals surface area contributed by atoms with Gasteiger partial charge >= 0.3 is 5.97 Å². The monoisotopic (exact) mass is 311 g/mol. The summed E-state index contributed by atoms with van der Waals surface area (Å²) in [6, 6.07) is 13.5. The number of carboxylic acid groups (broad SMARTS) is 1. The summed E-state index contributed by atoms with van der Waals surface area (Å²) in [4.78, 5) is 10.9. The summed E-state index contributed by atoms with van der Waals surface area (Å²) in [6.45, 7) is 3.39. The van der Waals surface area contributed by atoms with Gasteiger partial charge < -0.3 is 10.4 Å². The van der Waals surface area contributed by atoms with Crippen LogP contribution in [0.3, 0.4) is 0 Å². The van der Waals surface area contributed by atoms with Crippen LogP contribution >= 0.6 is 0 Å². The Bertz CT molecular complexity index is 660. The van der Waals surface area contributed by atoms with Crippen LogP contribution in [0.15, 0.2) is 42.5 Å². The molecule has 0 amide bonds. The average molecular weight is 311 g/mol. The molecule has 0 aliphatic heterocycles. The topological polar surface area (TPSA) is 49.3 Å². The first kappa shape index (κ1) is 17.2. The van der Waals surface area contributed by atoms with Gasteiger partial charge in [0.2, 0.25) is 0 Å². The zero-order valence-electron chi connectivity index (χ0n) is 13.9. The average Bonchev–Trinajstić information content (AvgIpc) is 2.93. The molecule has 0 unspecified atom stereocenters. The highest BCUT2D eigenvalue weighted by Gasteiger charge is 2.18. The van der Waals surface area contributed by atoms with Crippen LogP contribution in [-0.4, -0.2) is 24.7 Å². The van der Waals surface area contributed by atoms with Crippen LogP contribution in [0.4, 0.5) is 0 Å². The Hall–Kier alpha value is -2.13. The van der Waals surface area contributed by atoms with Crippen molar-refractivity contribution in [3.63, 3.8) is 0 Å². The van der Waals surface area contributed by atoms with Crippen molar-refractivity contribution in [2.45, 2.75) is 32.6 Å². The number of carboxylic acids is 1. The Morgan fingerprint density at radius 1 is 1.09 bits per heavy atom. The zero-order valence-corrected chi connectivity index (χ0v) is 13.9. The van der Waals surface area contributed by atoms with Gasteiger partial charge in [-0.2, -0.15) is 0 Å². The molecule has 0 atom stereocenters. The minimum atomic E-state index is -0.868. The molecule has 0 aromatic heterocycles. The van der Waals surface area contributed by atoms with Crippen LogP contribution in [0, 0.1) is 0 Å². The SMILES string of the molecule is CCCCCNC.O=C(O)c1ccc2c(c1)-c1ccccc1C2. The second kappa shape index (κ2) is 8.49. The highest BCUT2D eigenvalue weighted by Crippen LogP contribution is 2.36. The van der Waals surface area contributed by atoms with Gasteiger partial charge in [-0.05, 0) is 60.8 Å². The lowest BCUT2D eigenvalue weighted by Crippen LogP contribution is -2.06. The summed E-state index contributed by atoms with van der Waals surface area (Å²) in [6.07, 6.45) is 4.92. The lowest BCUT2D eigenvalue weighted by molar-refractivity contribution is 0.0697. The van der Waals surface area contributed by atoms with E-state index in [1.54, 1.807) is 12.1 Å². The molecule has 3 nitrogen and oxygen atoms in total. The number of rotatable bonds is 5. The van der Waals surface area contributed by atoms with E-state index in [2.05, 4.69) is 18.3 Å². The molecule has 2 N–H and O–H groups in total. The van der Waals surface area contributed by atoms with Crippen LogP contribution in [0.1, 0.15) is 47.7 Å². The summed E-state index contributed by atoms with van der Waals surface area (Å²) in [7, 11) is 2.00. The lowest BCUT2D eigenvalue weighted by atomic mass is 10.0. The van der Waals surface area contributed by atoms with E-state index in [-0.39, 0.29) is 0 Å². The fourth-order valence-corrected chi connectivity index (χ4v) is 2.81. The number of hydrogen-bond acceptors (Lipinski definition) is 2. The molecular formula is C20H25NO2. The van der Waals surface area contributed by atoms with E-state index in [0.717, 1.165) is 12.0 Å². The smallest absolute Gasteiger partial charge is 0.335 e. The van der Waals surface area contributed by atoms with Crippen LogP contribution in [-0.2, 0) is 6.42 Å². The zero-order chi connectivity index (χ0) is 16.7. The second-order valence-electron chi connectivity index (χ2n) is 5.82. The number of hydrogen-bond donors (Lipinski definition) is 2. The van der Waals surface area contributed by atoms with E-state index in [1.165, 1.54) is 42.5 Å². The molecule has 1 aliphatic rings. The van der Waals surface area contributed by atoms with Crippen molar-refractivity contribution in [3.05, 3.63) is 59.2 Å². The number of nitrogens with one attached hydrogen (secondary N) is 1. The van der Waals surface area contributed by atoms with E-state index in [9.17, 15) is 4.79 Å². The number of aromatic carboxylic acids is 1. The van der Waals surface area contributed by atoms with Crippen molar-refractivity contribution in [2.75, 3.05) is 13.6 Å². The molecular weight excluding hydrogens is 286 g/mol. The normalized spacial score (nSPS) is 11.2. The molecule has 23 heavy (non-hydrogen) atoms. The van der Waals surface area contributed by atoms with Crippen molar-refractivity contribution >= 4 is 5.97 Å². The molecule has 2 aromatic carbocycles. The van der Waals surface area contributed by atoms with Gasteiger partial charge in [0.25, 0.3) is 0 Å². The quantitative estimate of drug-likeness (QED) is 0.689. The third-order valence-corrected chi connectivity index (χ3v) is 4.08. The van der Waals surface area contributed by atoms with E-state index >= 15 is 0 Å². The third kappa shape index (κ3) is 4.42. The first-order chi connectivity index (χ1) is 11.2. The molecule has 3 rings (SSSR count). The predicted molar refractivity (Wildman–Crippen MR) is 95.1 cm³/mol. The van der Waals surface area contributed by atoms with Crippen molar-refractivity contribution in [3.8, 4) is 11.1 Å². The summed E-state index contributed by atoms with van der Waals surface area (Å²) >= 11 is 0. The minimum Gasteiger partial charge on any atom is -0.478 e. The first-order valence-electron chi connectivity index (χ1n) is 8.26. The van der Waals surface area contributed by atoms with Gasteiger partial charge in [-0.25, -0.2) is 4.79 Å². The van der Waals surface area contributed by atoms with Crippen molar-refractivity contribution in [1.29, 1.82) is 0 Å². The fourth-order valence-electron chi connectivity index (χ4n) is 2.81.